The van der Waals surface area contributed by atoms with Crippen LogP contribution in [0.2, 0.25) is 0 Å². The fourth-order valence-corrected chi connectivity index (χ4v) is 0.718. The number of nitrogens with zero attached hydrogens (tertiary/aromatic N) is 2. The van der Waals surface area contributed by atoms with E-state index in [-0.39, 0.29) is 0 Å². The molecule has 0 aliphatic rings. The number of alkyl halides is 6. The summed E-state index contributed by atoms with van der Waals surface area (Å²) in [7, 11) is 0. The molecule has 0 aliphatic carbocycles. The molecule has 9 heteroatoms. The number of halogens is 6. The first-order valence-corrected chi connectivity index (χ1v) is 3.70. The predicted octanol–water partition coefficient (Wildman–Crippen LogP) is 2.33. The summed E-state index contributed by atoms with van der Waals surface area (Å²) in [6, 6.07) is 0.779. The van der Waals surface area contributed by atoms with Gasteiger partial charge < -0.3 is 0 Å². The van der Waals surface area contributed by atoms with E-state index in [2.05, 4.69) is 14.7 Å². The van der Waals surface area contributed by atoms with Crippen molar-refractivity contribution in [2.45, 2.75) is 19.1 Å². The largest absolute Gasteiger partial charge is 0.522 e. The molecule has 0 unspecified atom stereocenters. The molecule has 0 saturated carbocycles. The Hall–Kier alpha value is -1.38. The van der Waals surface area contributed by atoms with Crippen LogP contribution in [0, 0.1) is 6.20 Å². The van der Waals surface area contributed by atoms with Gasteiger partial charge in [0.2, 0.25) is 5.82 Å². The normalized spacial score (nSPS) is 12.9. The average Bonchev–Trinajstić information content (AvgIpc) is 2.13. The van der Waals surface area contributed by atoms with Gasteiger partial charge in [-0.3, -0.25) is 4.74 Å². The topological polar surface area (TPSA) is 35.0 Å². The van der Waals surface area contributed by atoms with Gasteiger partial charge >= 0.3 is 12.5 Å². The van der Waals surface area contributed by atoms with Crippen molar-refractivity contribution in [1.82, 2.24) is 9.97 Å². The molecule has 0 amide bonds. The zero-order valence-corrected chi connectivity index (χ0v) is 7.35. The van der Waals surface area contributed by atoms with Crippen molar-refractivity contribution in [2.75, 3.05) is 0 Å². The zero-order chi connectivity index (χ0) is 12.4. The van der Waals surface area contributed by atoms with Crippen molar-refractivity contribution in [3.05, 3.63) is 23.8 Å². The first kappa shape index (κ1) is 12.7. The molecule has 1 aromatic rings. The van der Waals surface area contributed by atoms with Crippen LogP contribution in [0.25, 0.3) is 0 Å². The summed E-state index contributed by atoms with van der Waals surface area (Å²) in [6.07, 6.45) is -7.96. The monoisotopic (exact) mass is 245 g/mol. The van der Waals surface area contributed by atoms with E-state index in [1.807, 2.05) is 0 Å². The maximum absolute atomic E-state index is 12.0. The number of rotatable bonds is 2. The second kappa shape index (κ2) is 4.24. The third-order valence-electron chi connectivity index (χ3n) is 1.29. The van der Waals surface area contributed by atoms with E-state index in [9.17, 15) is 26.3 Å². The molecule has 89 valence electrons. The Morgan fingerprint density at radius 1 is 1.19 bits per heavy atom. The van der Waals surface area contributed by atoms with Gasteiger partial charge in [-0.25, -0.2) is 9.97 Å². The molecule has 1 aromatic heterocycles. The number of hydrogen-bond donors (Lipinski definition) is 0. The molecule has 0 atom stereocenters. The lowest BCUT2D eigenvalue weighted by Crippen LogP contribution is -2.16. The minimum Gasteiger partial charge on any atom is -0.285 e. The van der Waals surface area contributed by atoms with E-state index in [1.165, 1.54) is 0 Å². The Morgan fingerprint density at radius 3 is 2.31 bits per heavy atom. The minimum absolute atomic E-state index is 0.556. The number of hydrogen-bond acceptors (Lipinski definition) is 3. The molecule has 0 aliphatic heterocycles. The molecule has 0 bridgehead atoms. The van der Waals surface area contributed by atoms with Gasteiger partial charge in [0.15, 0.2) is 0 Å². The standard InChI is InChI=1S/C7H3F6N2O/c8-6(9,10)5-14-2-1-4(15-5)3-16-7(11,12)13/h1H,3H2. The Balaban J connectivity index is 2.76. The zero-order valence-electron chi connectivity index (χ0n) is 7.35. The summed E-state index contributed by atoms with van der Waals surface area (Å²) in [6.45, 7) is -1.12. The molecule has 1 heterocycles. The fraction of sp³-hybridized carbons (Fsp3) is 0.429. The maximum Gasteiger partial charge on any atom is 0.522 e. The van der Waals surface area contributed by atoms with Gasteiger partial charge in [-0.1, -0.05) is 0 Å². The van der Waals surface area contributed by atoms with Crippen LogP contribution in [0.15, 0.2) is 6.07 Å². The number of ether oxygens (including phenoxy) is 1. The lowest BCUT2D eigenvalue weighted by molar-refractivity contribution is -0.330. The Kier molecular flexibility index (Phi) is 3.36. The van der Waals surface area contributed by atoms with Crippen molar-refractivity contribution < 1.29 is 31.1 Å². The third-order valence-corrected chi connectivity index (χ3v) is 1.29. The van der Waals surface area contributed by atoms with Gasteiger partial charge in [0, 0.05) is 0 Å². The smallest absolute Gasteiger partial charge is 0.285 e. The highest BCUT2D eigenvalue weighted by atomic mass is 19.4. The quantitative estimate of drug-likeness (QED) is 0.750. The summed E-state index contributed by atoms with van der Waals surface area (Å²) >= 11 is 0. The van der Waals surface area contributed by atoms with E-state index in [0.717, 1.165) is 6.07 Å². The molecule has 1 radical (unpaired) electrons. The van der Waals surface area contributed by atoms with Crippen LogP contribution in [0.3, 0.4) is 0 Å². The van der Waals surface area contributed by atoms with Gasteiger partial charge in [-0.2, -0.15) is 13.2 Å². The maximum atomic E-state index is 12.0. The van der Waals surface area contributed by atoms with Crippen molar-refractivity contribution in [2.24, 2.45) is 0 Å². The fourth-order valence-electron chi connectivity index (χ4n) is 0.718. The van der Waals surface area contributed by atoms with E-state index in [1.54, 1.807) is 6.20 Å². The van der Waals surface area contributed by atoms with Crippen LogP contribution in [0.5, 0.6) is 0 Å². The van der Waals surface area contributed by atoms with E-state index < -0.39 is 30.7 Å². The molecule has 0 fully saturated rings. The number of aromatic nitrogens is 2. The van der Waals surface area contributed by atoms with Gasteiger partial charge in [0.25, 0.3) is 0 Å². The molecule has 0 saturated heterocycles. The summed E-state index contributed by atoms with van der Waals surface area (Å²) < 4.78 is 74.1. The van der Waals surface area contributed by atoms with E-state index in [4.69, 9.17) is 0 Å². The average molecular weight is 245 g/mol. The Morgan fingerprint density at radius 2 is 1.81 bits per heavy atom. The van der Waals surface area contributed by atoms with E-state index in [0.29, 0.717) is 0 Å². The molecule has 3 nitrogen and oxygen atoms in total. The molecule has 16 heavy (non-hydrogen) atoms. The Bertz CT molecular complexity index is 361. The third kappa shape index (κ3) is 4.01. The predicted molar refractivity (Wildman–Crippen MR) is 36.7 cm³/mol. The van der Waals surface area contributed by atoms with Gasteiger partial charge in [-0.05, 0) is 6.07 Å². The molecular weight excluding hydrogens is 242 g/mol. The second-order valence-electron chi connectivity index (χ2n) is 2.54. The second-order valence-corrected chi connectivity index (χ2v) is 2.54. The van der Waals surface area contributed by atoms with Gasteiger partial charge in [0.05, 0.1) is 18.5 Å². The lowest BCUT2D eigenvalue weighted by atomic mass is 10.4. The highest BCUT2D eigenvalue weighted by molar-refractivity contribution is 5.02. The van der Waals surface area contributed by atoms with Crippen LogP contribution >= 0.6 is 0 Å². The molecule has 0 N–H and O–H groups in total. The van der Waals surface area contributed by atoms with Crippen LogP contribution < -0.4 is 0 Å². The van der Waals surface area contributed by atoms with Crippen LogP contribution in [0.1, 0.15) is 11.5 Å². The molecule has 0 spiro atoms. The highest BCUT2D eigenvalue weighted by Crippen LogP contribution is 2.26. The lowest BCUT2D eigenvalue weighted by Gasteiger charge is -2.08. The minimum atomic E-state index is -4.93. The van der Waals surface area contributed by atoms with Crippen molar-refractivity contribution in [3.8, 4) is 0 Å². The summed E-state index contributed by atoms with van der Waals surface area (Å²) in [5.41, 5.74) is -0.556. The molecule has 1 rings (SSSR count). The van der Waals surface area contributed by atoms with Crippen molar-refractivity contribution in [1.29, 1.82) is 0 Å². The van der Waals surface area contributed by atoms with Crippen LogP contribution in [-0.4, -0.2) is 16.3 Å². The van der Waals surface area contributed by atoms with Crippen molar-refractivity contribution >= 4 is 0 Å². The van der Waals surface area contributed by atoms with Crippen LogP contribution in [0.4, 0.5) is 26.3 Å². The van der Waals surface area contributed by atoms with Crippen molar-refractivity contribution in [3.63, 3.8) is 0 Å². The summed E-state index contributed by atoms with van der Waals surface area (Å²) in [5, 5.41) is 0. The Labute approximate surface area is 85.1 Å². The SMILES string of the molecule is FC(F)(F)OCc1c[c]nc(C(F)(F)F)n1. The van der Waals surface area contributed by atoms with Gasteiger partial charge in [-0.15, -0.1) is 13.2 Å². The van der Waals surface area contributed by atoms with Gasteiger partial charge in [0.1, 0.15) is 0 Å². The molecule has 0 aromatic carbocycles. The summed E-state index contributed by atoms with van der Waals surface area (Å²) in [4.78, 5) is 5.61. The van der Waals surface area contributed by atoms with E-state index >= 15 is 0 Å². The molecular formula is C7H3F6N2O. The van der Waals surface area contributed by atoms with Crippen LogP contribution in [-0.2, 0) is 17.5 Å². The first-order valence-electron chi connectivity index (χ1n) is 3.70. The first-order chi connectivity index (χ1) is 7.18. The highest BCUT2D eigenvalue weighted by Gasteiger charge is 2.35. The summed E-state index contributed by atoms with van der Waals surface area (Å²) in [5.74, 6) is -1.56.